The van der Waals surface area contributed by atoms with E-state index >= 15 is 0 Å². The quantitative estimate of drug-likeness (QED) is 0.724. The third-order valence-electron chi connectivity index (χ3n) is 4.59. The fourth-order valence-electron chi connectivity index (χ4n) is 3.04. The van der Waals surface area contributed by atoms with Crippen molar-refractivity contribution >= 4 is 46.4 Å². The molecular weight excluding hydrogens is 371 g/mol. The summed E-state index contributed by atoms with van der Waals surface area (Å²) in [5, 5.41) is 3.65. The third kappa shape index (κ3) is 3.71. The lowest BCUT2D eigenvalue weighted by atomic mass is 10.0. The smallest absolute Gasteiger partial charge is 0.242 e. The Balaban J connectivity index is 1.82. The molecule has 136 valence electrons. The fraction of sp³-hybridized carbons (Fsp3) is 0.300. The zero-order valence-electron chi connectivity index (χ0n) is 14.7. The molecule has 0 radical (unpaired) electrons. The van der Waals surface area contributed by atoms with Crippen LogP contribution in [-0.4, -0.2) is 18.4 Å². The van der Waals surface area contributed by atoms with Crippen LogP contribution in [0.5, 0.6) is 0 Å². The SMILES string of the molecule is CCN(C(=O)C1(C(=O)Nc2cc(Cl)cc(Cl)c2)CC1)c1cccc(C)c1. The largest absolute Gasteiger partial charge is 0.325 e. The van der Waals surface area contributed by atoms with Gasteiger partial charge in [-0.3, -0.25) is 9.59 Å². The molecule has 1 saturated carbocycles. The van der Waals surface area contributed by atoms with Crippen LogP contribution in [0.15, 0.2) is 42.5 Å². The highest BCUT2D eigenvalue weighted by Crippen LogP contribution is 2.49. The van der Waals surface area contributed by atoms with Crippen LogP contribution in [-0.2, 0) is 9.59 Å². The highest BCUT2D eigenvalue weighted by atomic mass is 35.5. The van der Waals surface area contributed by atoms with E-state index < -0.39 is 5.41 Å². The molecule has 6 heteroatoms. The zero-order valence-corrected chi connectivity index (χ0v) is 16.2. The van der Waals surface area contributed by atoms with Crippen molar-refractivity contribution in [3.05, 3.63) is 58.1 Å². The first kappa shape index (κ1) is 18.7. The molecule has 1 aliphatic rings. The minimum atomic E-state index is -1.02. The van der Waals surface area contributed by atoms with Crippen molar-refractivity contribution in [1.82, 2.24) is 0 Å². The molecule has 4 nitrogen and oxygen atoms in total. The Morgan fingerprint density at radius 2 is 1.77 bits per heavy atom. The Morgan fingerprint density at radius 3 is 2.31 bits per heavy atom. The van der Waals surface area contributed by atoms with Gasteiger partial charge in [0.25, 0.3) is 0 Å². The summed E-state index contributed by atoms with van der Waals surface area (Å²) in [7, 11) is 0. The van der Waals surface area contributed by atoms with E-state index in [4.69, 9.17) is 23.2 Å². The predicted octanol–water partition coefficient (Wildman–Crippen LogP) is 5.07. The average Bonchev–Trinajstić information content (AvgIpc) is 3.36. The lowest BCUT2D eigenvalue weighted by Crippen LogP contribution is -2.43. The second-order valence-electron chi connectivity index (χ2n) is 6.58. The summed E-state index contributed by atoms with van der Waals surface area (Å²) in [4.78, 5) is 27.7. The highest BCUT2D eigenvalue weighted by molar-refractivity contribution is 6.35. The maximum atomic E-state index is 13.1. The summed E-state index contributed by atoms with van der Waals surface area (Å²) in [6.45, 7) is 4.38. The van der Waals surface area contributed by atoms with Crippen molar-refractivity contribution in [2.75, 3.05) is 16.8 Å². The number of carbonyl (C=O) groups excluding carboxylic acids is 2. The molecule has 1 aliphatic carbocycles. The van der Waals surface area contributed by atoms with Crippen LogP contribution in [0.2, 0.25) is 10.0 Å². The Bertz CT molecular complexity index is 842. The van der Waals surface area contributed by atoms with E-state index in [0.717, 1.165) is 11.3 Å². The number of benzene rings is 2. The summed E-state index contributed by atoms with van der Waals surface area (Å²) < 4.78 is 0. The Labute approximate surface area is 163 Å². The topological polar surface area (TPSA) is 49.4 Å². The van der Waals surface area contributed by atoms with Crippen molar-refractivity contribution < 1.29 is 9.59 Å². The number of halogens is 2. The van der Waals surface area contributed by atoms with Crippen LogP contribution >= 0.6 is 23.2 Å². The van der Waals surface area contributed by atoms with E-state index in [-0.39, 0.29) is 11.8 Å². The van der Waals surface area contributed by atoms with E-state index in [2.05, 4.69) is 5.32 Å². The van der Waals surface area contributed by atoms with Crippen molar-refractivity contribution in [3.8, 4) is 0 Å². The molecule has 0 atom stereocenters. The van der Waals surface area contributed by atoms with Crippen LogP contribution in [0.4, 0.5) is 11.4 Å². The number of nitrogens with zero attached hydrogens (tertiary/aromatic N) is 1. The van der Waals surface area contributed by atoms with Crippen LogP contribution in [0.3, 0.4) is 0 Å². The fourth-order valence-corrected chi connectivity index (χ4v) is 3.56. The molecule has 26 heavy (non-hydrogen) atoms. The monoisotopic (exact) mass is 390 g/mol. The number of aryl methyl sites for hydroxylation is 1. The van der Waals surface area contributed by atoms with Crippen LogP contribution in [0, 0.1) is 12.3 Å². The van der Waals surface area contributed by atoms with Gasteiger partial charge in [0.05, 0.1) is 0 Å². The Morgan fingerprint density at radius 1 is 1.12 bits per heavy atom. The number of amides is 2. The van der Waals surface area contributed by atoms with E-state index in [9.17, 15) is 9.59 Å². The Hall–Kier alpha value is -2.04. The van der Waals surface area contributed by atoms with Gasteiger partial charge in [0.1, 0.15) is 5.41 Å². The summed E-state index contributed by atoms with van der Waals surface area (Å²) >= 11 is 12.0. The van der Waals surface area contributed by atoms with Gasteiger partial charge >= 0.3 is 0 Å². The maximum Gasteiger partial charge on any atom is 0.242 e. The van der Waals surface area contributed by atoms with Crippen LogP contribution in [0.25, 0.3) is 0 Å². The summed E-state index contributed by atoms with van der Waals surface area (Å²) in [6.07, 6.45) is 1.07. The molecule has 0 spiro atoms. The molecule has 0 saturated heterocycles. The van der Waals surface area contributed by atoms with Gasteiger partial charge in [0.2, 0.25) is 11.8 Å². The van der Waals surface area contributed by atoms with Gasteiger partial charge in [0.15, 0.2) is 0 Å². The van der Waals surface area contributed by atoms with Crippen LogP contribution < -0.4 is 10.2 Å². The summed E-state index contributed by atoms with van der Waals surface area (Å²) in [5.74, 6) is -0.483. The molecule has 1 fully saturated rings. The van der Waals surface area contributed by atoms with Gasteiger partial charge < -0.3 is 10.2 Å². The Kier molecular flexibility index (Phi) is 5.26. The zero-order chi connectivity index (χ0) is 18.9. The van der Waals surface area contributed by atoms with Crippen molar-refractivity contribution in [1.29, 1.82) is 0 Å². The predicted molar refractivity (Wildman–Crippen MR) is 106 cm³/mol. The van der Waals surface area contributed by atoms with E-state index in [1.54, 1.807) is 23.1 Å². The maximum absolute atomic E-state index is 13.1. The average molecular weight is 391 g/mol. The lowest BCUT2D eigenvalue weighted by Gasteiger charge is -2.26. The number of hydrogen-bond donors (Lipinski definition) is 1. The van der Waals surface area contributed by atoms with E-state index in [0.29, 0.717) is 35.1 Å². The molecule has 2 aromatic rings. The minimum absolute atomic E-state index is 0.170. The molecule has 0 aliphatic heterocycles. The lowest BCUT2D eigenvalue weighted by molar-refractivity contribution is -0.132. The van der Waals surface area contributed by atoms with Gasteiger partial charge in [0, 0.05) is 28.0 Å². The van der Waals surface area contributed by atoms with Gasteiger partial charge in [-0.25, -0.2) is 0 Å². The molecule has 0 unspecified atom stereocenters. The molecule has 0 bridgehead atoms. The molecule has 2 aromatic carbocycles. The summed E-state index contributed by atoms with van der Waals surface area (Å²) in [6, 6.07) is 12.5. The van der Waals surface area contributed by atoms with Gasteiger partial charge in [-0.1, -0.05) is 35.3 Å². The molecule has 0 aromatic heterocycles. The molecule has 0 heterocycles. The first-order valence-corrected chi connectivity index (χ1v) is 9.27. The third-order valence-corrected chi connectivity index (χ3v) is 5.03. The first-order valence-electron chi connectivity index (χ1n) is 8.52. The number of rotatable bonds is 5. The second-order valence-corrected chi connectivity index (χ2v) is 7.46. The molecule has 3 rings (SSSR count). The standard InChI is InChI=1S/C20H20Cl2N2O2/c1-3-24(17-6-4-5-13(2)9-17)19(26)20(7-8-20)18(25)23-16-11-14(21)10-15(22)12-16/h4-6,9-12H,3,7-8H2,1-2H3,(H,23,25). The van der Waals surface area contributed by atoms with Crippen molar-refractivity contribution in [3.63, 3.8) is 0 Å². The van der Waals surface area contributed by atoms with Gasteiger partial charge in [-0.15, -0.1) is 0 Å². The number of anilines is 2. The van der Waals surface area contributed by atoms with E-state index in [1.807, 2.05) is 38.1 Å². The first-order chi connectivity index (χ1) is 12.4. The normalized spacial score (nSPS) is 14.6. The summed E-state index contributed by atoms with van der Waals surface area (Å²) in [5.41, 5.74) is 1.35. The van der Waals surface area contributed by atoms with Gasteiger partial charge in [-0.2, -0.15) is 0 Å². The number of carbonyl (C=O) groups is 2. The molecule has 2 amide bonds. The van der Waals surface area contributed by atoms with Crippen LogP contribution in [0.1, 0.15) is 25.3 Å². The number of nitrogens with one attached hydrogen (secondary N) is 1. The van der Waals surface area contributed by atoms with Gasteiger partial charge in [-0.05, 0) is 62.6 Å². The molecule has 1 N–H and O–H groups in total. The second kappa shape index (κ2) is 7.29. The minimum Gasteiger partial charge on any atom is -0.325 e. The molecular formula is C20H20Cl2N2O2. The van der Waals surface area contributed by atoms with Crippen molar-refractivity contribution in [2.45, 2.75) is 26.7 Å². The number of hydrogen-bond acceptors (Lipinski definition) is 2. The van der Waals surface area contributed by atoms with E-state index in [1.165, 1.54) is 0 Å². The van der Waals surface area contributed by atoms with Crippen molar-refractivity contribution in [2.24, 2.45) is 5.41 Å². The highest BCUT2D eigenvalue weighted by Gasteiger charge is 2.58.